The Morgan fingerprint density at radius 3 is 2.08 bits per heavy atom. The summed E-state index contributed by atoms with van der Waals surface area (Å²) in [5.74, 6) is 0.691. The van der Waals surface area contributed by atoms with Gasteiger partial charge in [-0.25, -0.2) is 4.39 Å². The van der Waals surface area contributed by atoms with Gasteiger partial charge in [0.05, 0.1) is 30.9 Å². The summed E-state index contributed by atoms with van der Waals surface area (Å²) in [4.78, 5) is 0. The molecular formula is C31H46FN3OU. The van der Waals surface area contributed by atoms with Gasteiger partial charge >= 0.3 is 31.1 Å². The minimum absolute atomic E-state index is 0. The second kappa shape index (κ2) is 27.4. The van der Waals surface area contributed by atoms with E-state index >= 15 is 0 Å². The SMILES string of the molecule is CCCc1cc(-c2ccc(C)c(F)c2)ccc1C#N.N#CCNCCO.[CH2-]CC.[CH2-]CCC(C)CC.[U+2]. The molecule has 2 aromatic rings. The maximum absolute atomic E-state index is 13.6. The summed E-state index contributed by atoms with van der Waals surface area (Å²) in [6, 6.07) is 15.0. The Labute approximate surface area is 250 Å². The van der Waals surface area contributed by atoms with Gasteiger partial charge in [-0.15, -0.1) is 0 Å². The molecule has 2 rings (SSSR count). The van der Waals surface area contributed by atoms with E-state index in [1.54, 1.807) is 19.1 Å². The normalized spacial score (nSPS) is 9.92. The molecule has 0 saturated heterocycles. The molecule has 0 radical (unpaired) electrons. The molecule has 0 aliphatic carbocycles. The fourth-order valence-electron chi connectivity index (χ4n) is 2.91. The number of aliphatic hydroxyl groups is 1. The fraction of sp³-hybridized carbons (Fsp3) is 0.484. The number of halogens is 1. The number of aryl methyl sites for hydroxylation is 2. The van der Waals surface area contributed by atoms with E-state index in [1.165, 1.54) is 12.8 Å². The maximum Gasteiger partial charge on any atom is 2.00 e. The van der Waals surface area contributed by atoms with Gasteiger partial charge in [0.1, 0.15) is 5.82 Å². The topological polar surface area (TPSA) is 79.8 Å². The number of hydrogen-bond acceptors (Lipinski definition) is 4. The number of nitrogens with zero attached hydrogens (tertiary/aromatic N) is 2. The average Bonchev–Trinajstić information content (AvgIpc) is 2.87. The van der Waals surface area contributed by atoms with Gasteiger partial charge < -0.3 is 24.3 Å². The number of benzene rings is 2. The molecule has 0 heterocycles. The molecule has 0 saturated carbocycles. The van der Waals surface area contributed by atoms with Crippen LogP contribution in [0, 0.1) is 86.3 Å². The molecule has 0 aliphatic heterocycles. The quantitative estimate of drug-likeness (QED) is 0.158. The van der Waals surface area contributed by atoms with E-state index in [9.17, 15) is 4.39 Å². The molecule has 0 aromatic heterocycles. The Morgan fingerprint density at radius 1 is 1.05 bits per heavy atom. The van der Waals surface area contributed by atoms with Crippen molar-refractivity contribution in [3.8, 4) is 23.3 Å². The Balaban J connectivity index is -0.000000534. The minimum atomic E-state index is -0.195. The molecule has 4 nitrogen and oxygen atoms in total. The third kappa shape index (κ3) is 20.0. The molecule has 0 aliphatic rings. The van der Waals surface area contributed by atoms with Crippen LogP contribution in [0.3, 0.4) is 0 Å². The molecule has 0 fully saturated rings. The summed E-state index contributed by atoms with van der Waals surface area (Å²) in [5.41, 5.74) is 4.19. The van der Waals surface area contributed by atoms with E-state index in [2.05, 4.69) is 46.0 Å². The average molecular weight is 734 g/mol. The van der Waals surface area contributed by atoms with Crippen LogP contribution in [0.25, 0.3) is 11.1 Å². The van der Waals surface area contributed by atoms with Crippen molar-refractivity contribution in [2.75, 3.05) is 19.7 Å². The standard InChI is InChI=1S/C17H16FN.C7H15.C4H8N2O.C3H7.U/c1-3-4-13-9-14(7-8-16(13)11-19)15-6-5-12(2)17(18)10-15;1-4-6-7(3)5-2;5-1-2-6-3-4-7;1-3-2;/h5-10H,3-4H2,1-2H3;7H,1,4-6H2,2-3H3;6-7H,2-4H2;1,3H2,2H3;/q;-1;;-1;+2. The Morgan fingerprint density at radius 2 is 1.65 bits per heavy atom. The van der Waals surface area contributed by atoms with Gasteiger partial charge in [-0.1, -0.05) is 65.2 Å². The fourth-order valence-corrected chi connectivity index (χ4v) is 2.91. The Bertz CT molecular complexity index is 906. The van der Waals surface area contributed by atoms with Gasteiger partial charge in [0, 0.05) is 6.54 Å². The maximum atomic E-state index is 13.6. The number of rotatable bonds is 9. The van der Waals surface area contributed by atoms with E-state index in [4.69, 9.17) is 15.6 Å². The first-order valence-electron chi connectivity index (χ1n) is 12.9. The molecule has 202 valence electrons. The van der Waals surface area contributed by atoms with Crippen molar-refractivity contribution in [1.29, 1.82) is 10.5 Å². The van der Waals surface area contributed by atoms with Crippen LogP contribution in [0.2, 0.25) is 0 Å². The number of hydrogen-bond donors (Lipinski definition) is 2. The smallest absolute Gasteiger partial charge is 0.395 e. The molecular weight excluding hydrogens is 687 g/mol. The van der Waals surface area contributed by atoms with Gasteiger partial charge in [-0.05, 0) is 59.7 Å². The van der Waals surface area contributed by atoms with Crippen LogP contribution in [0.1, 0.15) is 76.5 Å². The molecule has 2 aromatic carbocycles. The summed E-state index contributed by atoms with van der Waals surface area (Å²) >= 11 is 0. The van der Waals surface area contributed by atoms with Crippen LogP contribution >= 0.6 is 0 Å². The van der Waals surface area contributed by atoms with Crippen molar-refractivity contribution in [2.24, 2.45) is 5.92 Å². The van der Waals surface area contributed by atoms with Crippen molar-refractivity contribution in [3.05, 3.63) is 72.8 Å². The Kier molecular flexibility index (Phi) is 29.5. The molecule has 0 bridgehead atoms. The predicted octanol–water partition coefficient (Wildman–Crippen LogP) is 7.59. The third-order valence-electron chi connectivity index (χ3n) is 5.14. The first-order valence-corrected chi connectivity index (χ1v) is 12.9. The summed E-state index contributed by atoms with van der Waals surface area (Å²) in [6.07, 6.45) is 6.53. The van der Waals surface area contributed by atoms with Crippen molar-refractivity contribution >= 4 is 0 Å². The largest absolute Gasteiger partial charge is 2.00 e. The zero-order valence-electron chi connectivity index (χ0n) is 23.5. The van der Waals surface area contributed by atoms with E-state index in [0.29, 0.717) is 24.2 Å². The first kappa shape index (κ1) is 39.8. The number of nitrogens with one attached hydrogen (secondary N) is 1. The molecule has 0 amide bonds. The van der Waals surface area contributed by atoms with Crippen LogP contribution in [0.15, 0.2) is 36.4 Å². The van der Waals surface area contributed by atoms with Gasteiger partial charge in [-0.3, -0.25) is 0 Å². The molecule has 2 N–H and O–H groups in total. The summed E-state index contributed by atoms with van der Waals surface area (Å²) < 4.78 is 13.6. The van der Waals surface area contributed by atoms with Crippen LogP contribution in [-0.2, 0) is 6.42 Å². The van der Waals surface area contributed by atoms with E-state index in [-0.39, 0.29) is 43.5 Å². The summed E-state index contributed by atoms with van der Waals surface area (Å²) in [6.45, 7) is 18.5. The molecule has 1 unspecified atom stereocenters. The van der Waals surface area contributed by atoms with Crippen molar-refractivity contribution < 1.29 is 40.6 Å². The summed E-state index contributed by atoms with van der Waals surface area (Å²) in [5, 5.41) is 27.8. The second-order valence-corrected chi connectivity index (χ2v) is 8.41. The van der Waals surface area contributed by atoms with Crippen molar-refractivity contribution in [2.45, 2.75) is 73.1 Å². The van der Waals surface area contributed by atoms with Gasteiger partial charge in [-0.2, -0.15) is 23.4 Å². The predicted molar refractivity (Wildman–Crippen MR) is 151 cm³/mol. The second-order valence-electron chi connectivity index (χ2n) is 8.41. The van der Waals surface area contributed by atoms with Gasteiger partial charge in [0.15, 0.2) is 0 Å². The van der Waals surface area contributed by atoms with Crippen molar-refractivity contribution in [3.63, 3.8) is 0 Å². The van der Waals surface area contributed by atoms with E-state index < -0.39 is 0 Å². The van der Waals surface area contributed by atoms with Crippen LogP contribution < -0.4 is 5.32 Å². The number of aliphatic hydroxyl groups excluding tert-OH is 1. The zero-order chi connectivity index (χ0) is 27.8. The van der Waals surface area contributed by atoms with Gasteiger partial charge in [0.2, 0.25) is 0 Å². The minimum Gasteiger partial charge on any atom is -0.395 e. The monoisotopic (exact) mass is 733 g/mol. The van der Waals surface area contributed by atoms with E-state index in [0.717, 1.165) is 48.3 Å². The zero-order valence-corrected chi connectivity index (χ0v) is 27.7. The number of nitriles is 2. The molecule has 6 heteroatoms. The molecule has 37 heavy (non-hydrogen) atoms. The van der Waals surface area contributed by atoms with Crippen LogP contribution in [0.5, 0.6) is 0 Å². The molecule has 1 atom stereocenters. The van der Waals surface area contributed by atoms with E-state index in [1.807, 2.05) is 37.3 Å². The first-order chi connectivity index (χ1) is 17.3. The van der Waals surface area contributed by atoms with Crippen molar-refractivity contribution in [1.82, 2.24) is 5.32 Å². The third-order valence-corrected chi connectivity index (χ3v) is 5.14. The van der Waals surface area contributed by atoms with Crippen LogP contribution in [-0.4, -0.2) is 24.8 Å². The summed E-state index contributed by atoms with van der Waals surface area (Å²) in [7, 11) is 0. The van der Waals surface area contributed by atoms with Crippen LogP contribution in [0.4, 0.5) is 4.39 Å². The van der Waals surface area contributed by atoms with Gasteiger partial charge in [0.25, 0.3) is 0 Å². The Hall–Kier alpha value is -1.68. The molecule has 0 spiro atoms.